The number of hydrogen-bond acceptors (Lipinski definition) is 2. The van der Waals surface area contributed by atoms with Gasteiger partial charge in [-0.05, 0) is 12.3 Å². The summed E-state index contributed by atoms with van der Waals surface area (Å²) < 4.78 is 11.5. The standard InChI is InChI=1S/C12H22O2/c1-2-3-5-11-6-4-7-12(10-11)13-8-9-14-12/h11H,2-10H2,1H3/t11-/m1/s1. The molecule has 82 valence electrons. The Hall–Kier alpha value is -0.0800. The Kier molecular flexibility index (Phi) is 3.45. The van der Waals surface area contributed by atoms with Gasteiger partial charge in [-0.1, -0.05) is 32.6 Å². The highest BCUT2D eigenvalue weighted by atomic mass is 16.7. The van der Waals surface area contributed by atoms with Crippen molar-refractivity contribution in [2.45, 2.75) is 57.7 Å². The van der Waals surface area contributed by atoms with Crippen molar-refractivity contribution in [3.8, 4) is 0 Å². The Bertz CT molecular complexity index is 173. The van der Waals surface area contributed by atoms with Gasteiger partial charge in [0.2, 0.25) is 0 Å². The fraction of sp³-hybridized carbons (Fsp3) is 1.00. The van der Waals surface area contributed by atoms with Gasteiger partial charge in [0, 0.05) is 12.8 Å². The molecule has 2 fully saturated rings. The van der Waals surface area contributed by atoms with Gasteiger partial charge in [-0.25, -0.2) is 0 Å². The minimum Gasteiger partial charge on any atom is -0.348 e. The quantitative estimate of drug-likeness (QED) is 0.693. The maximum atomic E-state index is 5.77. The van der Waals surface area contributed by atoms with Crippen molar-refractivity contribution < 1.29 is 9.47 Å². The van der Waals surface area contributed by atoms with Crippen molar-refractivity contribution in [1.29, 1.82) is 0 Å². The van der Waals surface area contributed by atoms with Gasteiger partial charge in [0.1, 0.15) is 0 Å². The maximum absolute atomic E-state index is 5.77. The van der Waals surface area contributed by atoms with Crippen LogP contribution in [0.5, 0.6) is 0 Å². The number of unbranched alkanes of at least 4 members (excludes halogenated alkanes) is 1. The fourth-order valence-corrected chi connectivity index (χ4v) is 2.80. The lowest BCUT2D eigenvalue weighted by Crippen LogP contribution is -2.36. The first kappa shape index (κ1) is 10.4. The van der Waals surface area contributed by atoms with Gasteiger partial charge in [0.15, 0.2) is 5.79 Å². The van der Waals surface area contributed by atoms with E-state index >= 15 is 0 Å². The van der Waals surface area contributed by atoms with Crippen LogP contribution in [0.1, 0.15) is 51.9 Å². The van der Waals surface area contributed by atoms with Crippen molar-refractivity contribution >= 4 is 0 Å². The molecule has 1 aliphatic carbocycles. The summed E-state index contributed by atoms with van der Waals surface area (Å²) in [5, 5.41) is 0. The summed E-state index contributed by atoms with van der Waals surface area (Å²) in [6, 6.07) is 0. The van der Waals surface area contributed by atoms with E-state index in [0.29, 0.717) is 0 Å². The predicted octanol–water partition coefficient (Wildman–Crippen LogP) is 3.11. The first-order valence-corrected chi connectivity index (χ1v) is 6.12. The molecule has 1 aliphatic heterocycles. The third kappa shape index (κ3) is 2.29. The molecule has 0 aromatic heterocycles. The first-order valence-electron chi connectivity index (χ1n) is 6.12. The van der Waals surface area contributed by atoms with Crippen LogP contribution in [0.25, 0.3) is 0 Å². The molecular formula is C12H22O2. The van der Waals surface area contributed by atoms with E-state index in [1.54, 1.807) is 0 Å². The zero-order chi connectivity index (χ0) is 9.86. The normalized spacial score (nSPS) is 31.1. The summed E-state index contributed by atoms with van der Waals surface area (Å²) >= 11 is 0. The summed E-state index contributed by atoms with van der Waals surface area (Å²) in [4.78, 5) is 0. The second-order valence-corrected chi connectivity index (χ2v) is 4.71. The van der Waals surface area contributed by atoms with Crippen LogP contribution in [-0.2, 0) is 9.47 Å². The molecule has 2 aliphatic rings. The van der Waals surface area contributed by atoms with E-state index < -0.39 is 0 Å². The van der Waals surface area contributed by atoms with Crippen molar-refractivity contribution in [3.05, 3.63) is 0 Å². The van der Waals surface area contributed by atoms with E-state index in [4.69, 9.17) is 9.47 Å². The second-order valence-electron chi connectivity index (χ2n) is 4.71. The minimum absolute atomic E-state index is 0.156. The molecule has 0 N–H and O–H groups in total. The maximum Gasteiger partial charge on any atom is 0.168 e. The SMILES string of the molecule is CCCC[C@@H]1CCCC2(C1)OCCO2. The average Bonchev–Trinajstić information content (AvgIpc) is 2.63. The number of hydrogen-bond donors (Lipinski definition) is 0. The Morgan fingerprint density at radius 3 is 2.79 bits per heavy atom. The molecule has 0 aromatic rings. The van der Waals surface area contributed by atoms with Gasteiger partial charge >= 0.3 is 0 Å². The average molecular weight is 198 g/mol. The molecule has 2 rings (SSSR count). The summed E-state index contributed by atoms with van der Waals surface area (Å²) in [7, 11) is 0. The third-order valence-electron chi connectivity index (χ3n) is 3.55. The zero-order valence-electron chi connectivity index (χ0n) is 9.26. The highest BCUT2D eigenvalue weighted by Gasteiger charge is 2.40. The topological polar surface area (TPSA) is 18.5 Å². The van der Waals surface area contributed by atoms with E-state index in [2.05, 4.69) is 6.92 Å². The predicted molar refractivity (Wildman–Crippen MR) is 56.1 cm³/mol. The number of rotatable bonds is 3. The van der Waals surface area contributed by atoms with Crippen LogP contribution >= 0.6 is 0 Å². The van der Waals surface area contributed by atoms with E-state index in [9.17, 15) is 0 Å². The number of ether oxygens (including phenoxy) is 2. The molecule has 1 heterocycles. The molecule has 1 atom stereocenters. The molecule has 0 amide bonds. The highest BCUT2D eigenvalue weighted by molar-refractivity contribution is 4.83. The van der Waals surface area contributed by atoms with Crippen LogP contribution in [0.15, 0.2) is 0 Å². The Morgan fingerprint density at radius 1 is 1.29 bits per heavy atom. The lowest BCUT2D eigenvalue weighted by molar-refractivity contribution is -0.187. The van der Waals surface area contributed by atoms with Gasteiger partial charge in [-0.2, -0.15) is 0 Å². The van der Waals surface area contributed by atoms with Crippen molar-refractivity contribution in [2.24, 2.45) is 5.92 Å². The highest BCUT2D eigenvalue weighted by Crippen LogP contribution is 2.40. The lowest BCUT2D eigenvalue weighted by atomic mass is 9.82. The van der Waals surface area contributed by atoms with Crippen molar-refractivity contribution in [2.75, 3.05) is 13.2 Å². The van der Waals surface area contributed by atoms with Gasteiger partial charge in [-0.3, -0.25) is 0 Å². The largest absolute Gasteiger partial charge is 0.348 e. The van der Waals surface area contributed by atoms with Crippen LogP contribution in [0.4, 0.5) is 0 Å². The lowest BCUT2D eigenvalue weighted by Gasteiger charge is -2.36. The molecule has 1 spiro atoms. The monoisotopic (exact) mass is 198 g/mol. The Morgan fingerprint density at radius 2 is 2.07 bits per heavy atom. The summed E-state index contributed by atoms with van der Waals surface area (Å²) in [6.07, 6.45) is 8.97. The van der Waals surface area contributed by atoms with Crippen LogP contribution in [0.3, 0.4) is 0 Å². The Labute approximate surface area is 87.0 Å². The van der Waals surface area contributed by atoms with E-state index in [1.165, 1.54) is 32.1 Å². The third-order valence-corrected chi connectivity index (χ3v) is 3.55. The molecule has 14 heavy (non-hydrogen) atoms. The molecule has 0 radical (unpaired) electrons. The van der Waals surface area contributed by atoms with Crippen LogP contribution in [0, 0.1) is 5.92 Å². The molecular weight excluding hydrogens is 176 g/mol. The van der Waals surface area contributed by atoms with Crippen LogP contribution in [-0.4, -0.2) is 19.0 Å². The minimum atomic E-state index is -0.156. The molecule has 0 bridgehead atoms. The van der Waals surface area contributed by atoms with Crippen LogP contribution < -0.4 is 0 Å². The van der Waals surface area contributed by atoms with E-state index in [1.807, 2.05) is 0 Å². The fourth-order valence-electron chi connectivity index (χ4n) is 2.80. The van der Waals surface area contributed by atoms with Gasteiger partial charge in [0.05, 0.1) is 13.2 Å². The smallest absolute Gasteiger partial charge is 0.168 e. The van der Waals surface area contributed by atoms with Crippen molar-refractivity contribution in [3.63, 3.8) is 0 Å². The first-order chi connectivity index (χ1) is 6.85. The van der Waals surface area contributed by atoms with E-state index in [0.717, 1.165) is 32.0 Å². The Balaban J connectivity index is 1.83. The second kappa shape index (κ2) is 4.63. The molecule has 2 heteroatoms. The summed E-state index contributed by atoms with van der Waals surface area (Å²) in [6.45, 7) is 3.88. The van der Waals surface area contributed by atoms with Crippen LogP contribution in [0.2, 0.25) is 0 Å². The summed E-state index contributed by atoms with van der Waals surface area (Å²) in [5.41, 5.74) is 0. The molecule has 0 unspecified atom stereocenters. The van der Waals surface area contributed by atoms with Crippen molar-refractivity contribution in [1.82, 2.24) is 0 Å². The van der Waals surface area contributed by atoms with Gasteiger partial charge in [0.25, 0.3) is 0 Å². The molecule has 1 saturated heterocycles. The van der Waals surface area contributed by atoms with Gasteiger partial charge in [-0.15, -0.1) is 0 Å². The molecule has 2 nitrogen and oxygen atoms in total. The van der Waals surface area contributed by atoms with Gasteiger partial charge < -0.3 is 9.47 Å². The van der Waals surface area contributed by atoms with E-state index in [-0.39, 0.29) is 5.79 Å². The molecule has 1 saturated carbocycles. The zero-order valence-corrected chi connectivity index (χ0v) is 9.26. The summed E-state index contributed by atoms with van der Waals surface area (Å²) in [5.74, 6) is 0.693. The molecule has 0 aromatic carbocycles.